The Hall–Kier alpha value is -3.33. The summed E-state index contributed by atoms with van der Waals surface area (Å²) in [6, 6.07) is 9.70. The molecule has 28 heavy (non-hydrogen) atoms. The Kier molecular flexibility index (Phi) is 5.36. The molecular weight excluding hydrogens is 368 g/mol. The van der Waals surface area contributed by atoms with Crippen LogP contribution in [0.15, 0.2) is 60.3 Å². The van der Waals surface area contributed by atoms with Crippen molar-refractivity contribution in [3.63, 3.8) is 0 Å². The second-order valence-corrected chi connectivity index (χ2v) is 6.47. The van der Waals surface area contributed by atoms with E-state index < -0.39 is 23.2 Å². The molecular formula is C19H19F2N5O2. The van der Waals surface area contributed by atoms with Crippen LogP contribution in [0, 0.1) is 11.6 Å². The molecule has 4 N–H and O–H groups in total. The van der Waals surface area contributed by atoms with Crippen molar-refractivity contribution in [1.29, 1.82) is 0 Å². The molecule has 0 saturated carbocycles. The third kappa shape index (κ3) is 3.70. The van der Waals surface area contributed by atoms with Crippen LogP contribution in [-0.4, -0.2) is 30.9 Å². The van der Waals surface area contributed by atoms with E-state index >= 15 is 0 Å². The highest BCUT2D eigenvalue weighted by Crippen LogP contribution is 2.39. The third-order valence-electron chi connectivity index (χ3n) is 4.77. The zero-order valence-electron chi connectivity index (χ0n) is 15.0. The Morgan fingerprint density at radius 2 is 2.07 bits per heavy atom. The molecule has 0 fully saturated rings. The van der Waals surface area contributed by atoms with Gasteiger partial charge in [-0.3, -0.25) is 0 Å². The number of hydrogen-bond donors (Lipinski definition) is 3. The van der Waals surface area contributed by atoms with Crippen LogP contribution in [0.1, 0.15) is 29.5 Å². The second-order valence-electron chi connectivity index (χ2n) is 6.47. The number of nitrogens with zero attached hydrogens (tertiary/aromatic N) is 4. The molecule has 2 atom stereocenters. The van der Waals surface area contributed by atoms with E-state index in [0.29, 0.717) is 11.1 Å². The van der Waals surface area contributed by atoms with Gasteiger partial charge in [0.1, 0.15) is 29.9 Å². The maximum Gasteiger partial charge on any atom is 0.170 e. The first-order valence-corrected chi connectivity index (χ1v) is 8.43. The van der Waals surface area contributed by atoms with E-state index in [2.05, 4.69) is 15.2 Å². The van der Waals surface area contributed by atoms with E-state index in [9.17, 15) is 13.9 Å². The van der Waals surface area contributed by atoms with Gasteiger partial charge in [0.15, 0.2) is 5.84 Å². The molecule has 0 amide bonds. The first-order chi connectivity index (χ1) is 13.3. The quantitative estimate of drug-likeness (QED) is 0.260. The van der Waals surface area contributed by atoms with Gasteiger partial charge in [-0.15, -0.1) is 0 Å². The first-order valence-electron chi connectivity index (χ1n) is 8.43. The van der Waals surface area contributed by atoms with E-state index in [1.807, 2.05) is 0 Å². The van der Waals surface area contributed by atoms with Crippen LogP contribution in [0.5, 0.6) is 0 Å². The van der Waals surface area contributed by atoms with Gasteiger partial charge in [-0.25, -0.2) is 18.4 Å². The van der Waals surface area contributed by atoms with Crippen LogP contribution >= 0.6 is 0 Å². The molecule has 0 bridgehead atoms. The summed E-state index contributed by atoms with van der Waals surface area (Å²) in [7, 11) is 0. The summed E-state index contributed by atoms with van der Waals surface area (Å²) in [6.07, 6.45) is 2.69. The number of rotatable bonds is 6. The minimum absolute atomic E-state index is 0.0777. The monoisotopic (exact) mass is 387 g/mol. The number of nitrogens with two attached hydrogens (primary N) is 1. The van der Waals surface area contributed by atoms with Gasteiger partial charge >= 0.3 is 0 Å². The molecule has 146 valence electrons. The number of halogens is 2. The highest BCUT2D eigenvalue weighted by molar-refractivity contribution is 5.97. The second kappa shape index (κ2) is 7.73. The normalized spacial score (nSPS) is 15.2. The minimum Gasteiger partial charge on any atom is -0.409 e. The summed E-state index contributed by atoms with van der Waals surface area (Å²) >= 11 is 0. The first kappa shape index (κ1) is 19.4. The number of aromatic nitrogens is 3. The fourth-order valence-electron chi connectivity index (χ4n) is 3.16. The predicted octanol–water partition coefficient (Wildman–Crippen LogP) is 2.34. The van der Waals surface area contributed by atoms with Gasteiger partial charge in [-0.05, 0) is 17.7 Å². The molecule has 0 radical (unpaired) electrons. The van der Waals surface area contributed by atoms with Gasteiger partial charge in [-0.2, -0.15) is 5.10 Å². The van der Waals surface area contributed by atoms with E-state index in [-0.39, 0.29) is 17.9 Å². The highest BCUT2D eigenvalue weighted by Gasteiger charge is 2.40. The van der Waals surface area contributed by atoms with Crippen molar-refractivity contribution in [2.45, 2.75) is 25.0 Å². The molecule has 3 rings (SSSR count). The van der Waals surface area contributed by atoms with Crippen LogP contribution in [0.2, 0.25) is 0 Å². The van der Waals surface area contributed by atoms with Crippen molar-refractivity contribution in [1.82, 2.24) is 14.8 Å². The number of amidine groups is 1. The number of oxime groups is 1. The fourth-order valence-corrected chi connectivity index (χ4v) is 3.16. The molecule has 1 heterocycles. The molecule has 2 unspecified atom stereocenters. The molecule has 0 aliphatic carbocycles. The highest BCUT2D eigenvalue weighted by atomic mass is 19.1. The Morgan fingerprint density at radius 1 is 1.29 bits per heavy atom. The molecule has 2 aromatic carbocycles. The maximum atomic E-state index is 14.6. The molecule has 1 aromatic heterocycles. The van der Waals surface area contributed by atoms with Crippen LogP contribution < -0.4 is 5.73 Å². The molecule has 0 spiro atoms. The van der Waals surface area contributed by atoms with E-state index in [1.54, 1.807) is 31.2 Å². The maximum absolute atomic E-state index is 14.6. The lowest BCUT2D eigenvalue weighted by Crippen LogP contribution is -2.38. The van der Waals surface area contributed by atoms with Gasteiger partial charge in [0.2, 0.25) is 0 Å². The lowest BCUT2D eigenvalue weighted by molar-refractivity contribution is -0.0112. The average molecular weight is 387 g/mol. The number of aliphatic hydroxyl groups is 1. The molecule has 0 aliphatic rings. The minimum atomic E-state index is -1.78. The molecule has 0 saturated heterocycles. The Morgan fingerprint density at radius 3 is 2.71 bits per heavy atom. The van der Waals surface area contributed by atoms with E-state index in [4.69, 9.17) is 10.9 Å². The summed E-state index contributed by atoms with van der Waals surface area (Å²) in [5, 5.41) is 27.4. The van der Waals surface area contributed by atoms with Gasteiger partial charge in [0, 0.05) is 23.1 Å². The summed E-state index contributed by atoms with van der Waals surface area (Å²) in [4.78, 5) is 3.84. The van der Waals surface area contributed by atoms with Gasteiger partial charge in [0.05, 0.1) is 6.54 Å². The lowest BCUT2D eigenvalue weighted by Gasteiger charge is -2.35. The number of hydrogen-bond acceptors (Lipinski definition) is 5. The van der Waals surface area contributed by atoms with Crippen LogP contribution in [0.25, 0.3) is 0 Å². The standard InChI is InChI=1S/C19H19F2N5O2/c1-12(13-3-2-4-14(7-13)18(22)25-28)19(27,9-26-11-23-10-24-26)16-6-5-15(20)8-17(16)21/h2-8,10-12,27-28H,9H2,1H3,(H2,22,25). The lowest BCUT2D eigenvalue weighted by atomic mass is 9.77. The summed E-state index contributed by atoms with van der Waals surface area (Å²) in [5.41, 5.74) is 4.83. The predicted molar refractivity (Wildman–Crippen MR) is 97.6 cm³/mol. The number of benzene rings is 2. The molecule has 0 aliphatic heterocycles. The fraction of sp³-hybridized carbons (Fsp3) is 0.211. The zero-order chi connectivity index (χ0) is 20.3. The Bertz CT molecular complexity index is 994. The van der Waals surface area contributed by atoms with Crippen molar-refractivity contribution in [2.75, 3.05) is 0 Å². The average Bonchev–Trinajstić information content (AvgIpc) is 3.19. The van der Waals surface area contributed by atoms with Crippen LogP contribution in [-0.2, 0) is 12.1 Å². The van der Waals surface area contributed by atoms with Crippen molar-refractivity contribution in [3.05, 3.63) is 83.4 Å². The molecule has 3 aromatic rings. The van der Waals surface area contributed by atoms with Gasteiger partial charge in [-0.1, -0.05) is 36.3 Å². The summed E-state index contributed by atoms with van der Waals surface area (Å²) < 4.78 is 29.4. The van der Waals surface area contributed by atoms with Crippen molar-refractivity contribution in [2.24, 2.45) is 10.9 Å². The van der Waals surface area contributed by atoms with Crippen molar-refractivity contribution >= 4 is 5.84 Å². The Labute approximate surface area is 159 Å². The summed E-state index contributed by atoms with van der Waals surface area (Å²) in [5.74, 6) is -2.38. The molecule has 7 nitrogen and oxygen atoms in total. The SMILES string of the molecule is CC(c1cccc(C(N)=NO)c1)C(O)(Cn1cncn1)c1ccc(F)cc1F. The van der Waals surface area contributed by atoms with Crippen LogP contribution in [0.4, 0.5) is 8.78 Å². The topological polar surface area (TPSA) is 110 Å². The smallest absolute Gasteiger partial charge is 0.170 e. The van der Waals surface area contributed by atoms with E-state index in [1.165, 1.54) is 23.4 Å². The van der Waals surface area contributed by atoms with Crippen LogP contribution in [0.3, 0.4) is 0 Å². The Balaban J connectivity index is 2.11. The summed E-state index contributed by atoms with van der Waals surface area (Å²) in [6.45, 7) is 1.58. The van der Waals surface area contributed by atoms with E-state index in [0.717, 1.165) is 12.1 Å². The van der Waals surface area contributed by atoms with Crippen molar-refractivity contribution < 1.29 is 19.1 Å². The zero-order valence-corrected chi connectivity index (χ0v) is 15.0. The van der Waals surface area contributed by atoms with Gasteiger partial charge in [0.25, 0.3) is 0 Å². The largest absolute Gasteiger partial charge is 0.409 e. The third-order valence-corrected chi connectivity index (χ3v) is 4.77. The van der Waals surface area contributed by atoms with Gasteiger partial charge < -0.3 is 16.0 Å². The van der Waals surface area contributed by atoms with Crippen molar-refractivity contribution in [3.8, 4) is 0 Å². The molecule has 9 heteroatoms.